The summed E-state index contributed by atoms with van der Waals surface area (Å²) in [5.74, 6) is -2.38. The SMILES string of the molecule is CCCN(CCC)C(=O)c1cccc(C(=O)NC(Cc2cc(F)cc(F)c2)C(CNCc2ccccc2)OC(=O)[C@@H](N)Cc2ccc(OCc3ccccc3)cc2)c1. The normalized spacial score (nSPS) is 12.6. The zero-order chi connectivity index (χ0) is 41.3. The summed E-state index contributed by atoms with van der Waals surface area (Å²) in [6, 6.07) is 34.1. The van der Waals surface area contributed by atoms with Gasteiger partial charge in [0, 0.05) is 43.4 Å². The second kappa shape index (κ2) is 22.1. The van der Waals surface area contributed by atoms with E-state index in [1.165, 1.54) is 18.2 Å². The van der Waals surface area contributed by atoms with E-state index in [1.807, 2.05) is 98.8 Å². The lowest BCUT2D eigenvalue weighted by molar-refractivity contribution is -0.152. The van der Waals surface area contributed by atoms with Gasteiger partial charge in [-0.2, -0.15) is 0 Å². The number of nitrogens with one attached hydrogen (secondary N) is 2. The molecule has 58 heavy (non-hydrogen) atoms. The fourth-order valence-electron chi connectivity index (χ4n) is 6.60. The average Bonchev–Trinajstić information content (AvgIpc) is 3.23. The van der Waals surface area contributed by atoms with Crippen molar-refractivity contribution >= 4 is 17.8 Å². The molecule has 0 aliphatic heterocycles. The fourth-order valence-corrected chi connectivity index (χ4v) is 6.60. The number of esters is 1. The maximum absolute atomic E-state index is 14.5. The summed E-state index contributed by atoms with van der Waals surface area (Å²) < 4.78 is 40.9. The van der Waals surface area contributed by atoms with Gasteiger partial charge in [0.15, 0.2) is 0 Å². The minimum absolute atomic E-state index is 0.0606. The van der Waals surface area contributed by atoms with Gasteiger partial charge in [-0.25, -0.2) is 8.78 Å². The molecule has 0 aromatic heterocycles. The minimum Gasteiger partial charge on any atom is -0.489 e. The van der Waals surface area contributed by atoms with Crippen molar-refractivity contribution in [3.63, 3.8) is 0 Å². The predicted octanol–water partition coefficient (Wildman–Crippen LogP) is 7.42. The summed E-state index contributed by atoms with van der Waals surface area (Å²) >= 11 is 0. The summed E-state index contributed by atoms with van der Waals surface area (Å²) in [5, 5.41) is 6.27. The van der Waals surface area contributed by atoms with Gasteiger partial charge in [-0.3, -0.25) is 14.4 Å². The number of carbonyl (C=O) groups is 3. The molecule has 0 saturated carbocycles. The number of hydrogen-bond acceptors (Lipinski definition) is 7. The second-order valence-corrected chi connectivity index (χ2v) is 14.3. The molecule has 11 heteroatoms. The van der Waals surface area contributed by atoms with E-state index >= 15 is 0 Å². The third-order valence-corrected chi connectivity index (χ3v) is 9.50. The summed E-state index contributed by atoms with van der Waals surface area (Å²) in [4.78, 5) is 42.9. The van der Waals surface area contributed by atoms with Crippen LogP contribution < -0.4 is 21.1 Å². The lowest BCUT2D eigenvalue weighted by Crippen LogP contribution is -2.52. The van der Waals surface area contributed by atoms with Gasteiger partial charge < -0.3 is 30.7 Å². The Kier molecular flexibility index (Phi) is 16.5. The molecule has 4 N–H and O–H groups in total. The Hall–Kier alpha value is -5.91. The number of rotatable bonds is 21. The van der Waals surface area contributed by atoms with Gasteiger partial charge in [0.25, 0.3) is 11.8 Å². The Labute approximate surface area is 339 Å². The fraction of sp³-hybridized carbons (Fsp3) is 0.298. The lowest BCUT2D eigenvalue weighted by Gasteiger charge is -2.30. The Morgan fingerprint density at radius 3 is 1.95 bits per heavy atom. The van der Waals surface area contributed by atoms with Gasteiger partial charge in [-0.15, -0.1) is 0 Å². The molecule has 0 aliphatic rings. The second-order valence-electron chi connectivity index (χ2n) is 14.3. The Balaban J connectivity index is 1.36. The highest BCUT2D eigenvalue weighted by molar-refractivity contribution is 5.99. The molecule has 304 valence electrons. The number of ether oxygens (including phenoxy) is 2. The molecule has 0 heterocycles. The standard InChI is InChI=1S/C47H52F2N4O5/c1-3-22-53(23-4-2)46(55)38-17-11-16-37(28-38)45(54)52-43(27-36-24-39(48)29-40(49)25-36)44(31-51-30-34-12-7-5-8-13-34)58-47(56)42(50)26-33-18-20-41(21-19-33)57-32-35-14-9-6-10-15-35/h5-21,24-25,28-29,42-44,51H,3-4,22-23,26-27,30-32,50H2,1-2H3,(H,52,54)/t42-,43?,44?/m0/s1. The molecule has 9 nitrogen and oxygen atoms in total. The number of benzene rings is 5. The van der Waals surface area contributed by atoms with Crippen LogP contribution in [0.5, 0.6) is 5.75 Å². The maximum Gasteiger partial charge on any atom is 0.323 e. The van der Waals surface area contributed by atoms with Crippen LogP contribution in [0.3, 0.4) is 0 Å². The molecule has 3 atom stereocenters. The zero-order valence-corrected chi connectivity index (χ0v) is 33.0. The first-order valence-corrected chi connectivity index (χ1v) is 19.7. The zero-order valence-electron chi connectivity index (χ0n) is 33.0. The van der Waals surface area contributed by atoms with E-state index in [4.69, 9.17) is 15.2 Å². The monoisotopic (exact) mass is 790 g/mol. The first-order valence-electron chi connectivity index (χ1n) is 19.7. The number of nitrogens with two attached hydrogens (primary N) is 1. The molecule has 5 aromatic rings. The Morgan fingerprint density at radius 2 is 1.31 bits per heavy atom. The molecule has 0 radical (unpaired) electrons. The number of nitrogens with zero attached hydrogens (tertiary/aromatic N) is 1. The molecule has 0 fully saturated rings. The van der Waals surface area contributed by atoms with Crippen molar-refractivity contribution in [1.29, 1.82) is 0 Å². The molecular formula is C47H52F2N4O5. The van der Waals surface area contributed by atoms with Crippen LogP contribution in [-0.4, -0.2) is 60.5 Å². The number of halogens is 2. The van der Waals surface area contributed by atoms with E-state index in [1.54, 1.807) is 23.1 Å². The predicted molar refractivity (Wildman–Crippen MR) is 221 cm³/mol. The van der Waals surface area contributed by atoms with E-state index in [9.17, 15) is 23.2 Å². The highest BCUT2D eigenvalue weighted by atomic mass is 19.1. The molecule has 5 rings (SSSR count). The highest BCUT2D eigenvalue weighted by Crippen LogP contribution is 2.19. The molecule has 0 aliphatic carbocycles. The van der Waals surface area contributed by atoms with Gasteiger partial charge in [0.05, 0.1) is 6.04 Å². The third-order valence-electron chi connectivity index (χ3n) is 9.50. The molecule has 2 unspecified atom stereocenters. The van der Waals surface area contributed by atoms with Crippen molar-refractivity contribution in [2.24, 2.45) is 5.73 Å². The topological polar surface area (TPSA) is 123 Å². The summed E-state index contributed by atoms with van der Waals surface area (Å²) in [6.45, 7) is 6.03. The Morgan fingerprint density at radius 1 is 0.690 bits per heavy atom. The van der Waals surface area contributed by atoms with Crippen molar-refractivity contribution in [3.8, 4) is 5.75 Å². The molecule has 0 bridgehead atoms. The largest absolute Gasteiger partial charge is 0.489 e. The smallest absolute Gasteiger partial charge is 0.323 e. The summed E-state index contributed by atoms with van der Waals surface area (Å²) in [6.07, 6.45) is 0.590. The molecular weight excluding hydrogens is 739 g/mol. The van der Waals surface area contributed by atoms with Crippen molar-refractivity contribution in [1.82, 2.24) is 15.5 Å². The van der Waals surface area contributed by atoms with Crippen molar-refractivity contribution in [2.75, 3.05) is 19.6 Å². The first kappa shape index (κ1) is 43.2. The number of hydrogen-bond donors (Lipinski definition) is 3. The summed E-state index contributed by atoms with van der Waals surface area (Å²) in [5.41, 5.74) is 10.0. The average molecular weight is 791 g/mol. The van der Waals surface area contributed by atoms with Crippen LogP contribution in [-0.2, 0) is 35.5 Å². The minimum atomic E-state index is -1.08. The lowest BCUT2D eigenvalue weighted by atomic mass is 9.99. The number of carbonyl (C=O) groups excluding carboxylic acids is 3. The van der Waals surface area contributed by atoms with E-state index in [-0.39, 0.29) is 36.4 Å². The highest BCUT2D eigenvalue weighted by Gasteiger charge is 2.30. The van der Waals surface area contributed by atoms with Gasteiger partial charge in [-0.1, -0.05) is 92.7 Å². The van der Waals surface area contributed by atoms with Crippen LogP contribution in [0.2, 0.25) is 0 Å². The summed E-state index contributed by atoms with van der Waals surface area (Å²) in [7, 11) is 0. The molecule has 2 amide bonds. The van der Waals surface area contributed by atoms with Crippen LogP contribution in [0, 0.1) is 11.6 Å². The van der Waals surface area contributed by atoms with Gasteiger partial charge >= 0.3 is 5.97 Å². The van der Waals surface area contributed by atoms with E-state index < -0.39 is 41.7 Å². The van der Waals surface area contributed by atoms with Crippen LogP contribution in [0.25, 0.3) is 0 Å². The van der Waals surface area contributed by atoms with Gasteiger partial charge in [0.1, 0.15) is 36.1 Å². The number of amides is 2. The van der Waals surface area contributed by atoms with Gasteiger partial charge in [0.2, 0.25) is 0 Å². The molecule has 0 spiro atoms. The first-order chi connectivity index (χ1) is 28.1. The van der Waals surface area contributed by atoms with Crippen molar-refractivity contribution < 1.29 is 32.6 Å². The van der Waals surface area contributed by atoms with E-state index in [0.29, 0.717) is 37.6 Å². The van der Waals surface area contributed by atoms with Crippen LogP contribution in [0.4, 0.5) is 8.78 Å². The third kappa shape index (κ3) is 13.3. The van der Waals surface area contributed by atoms with Crippen molar-refractivity contribution in [3.05, 3.63) is 172 Å². The van der Waals surface area contributed by atoms with Crippen LogP contribution >= 0.6 is 0 Å². The maximum atomic E-state index is 14.5. The Bertz CT molecular complexity index is 2040. The van der Waals surface area contributed by atoms with Crippen LogP contribution in [0.1, 0.15) is 69.7 Å². The molecule has 5 aromatic carbocycles. The van der Waals surface area contributed by atoms with E-state index in [0.717, 1.165) is 35.6 Å². The van der Waals surface area contributed by atoms with Crippen molar-refractivity contribution in [2.45, 2.75) is 70.9 Å². The molecule has 0 saturated heterocycles. The van der Waals surface area contributed by atoms with E-state index in [2.05, 4.69) is 10.6 Å². The quantitative estimate of drug-likeness (QED) is 0.0662. The van der Waals surface area contributed by atoms with Gasteiger partial charge in [-0.05, 0) is 90.4 Å². The van der Waals surface area contributed by atoms with Crippen LogP contribution in [0.15, 0.2) is 127 Å².